The molecule has 5 rings (SSSR count). The molecule has 0 aliphatic carbocycles. The molecule has 1 N–H and O–H groups in total. The highest BCUT2D eigenvalue weighted by Gasteiger charge is 2.40. The molecule has 0 bridgehead atoms. The molecule has 2 aliphatic rings. The van der Waals surface area contributed by atoms with Crippen molar-refractivity contribution in [1.29, 1.82) is 0 Å². The van der Waals surface area contributed by atoms with Gasteiger partial charge in [0.2, 0.25) is 0 Å². The van der Waals surface area contributed by atoms with E-state index < -0.39 is 17.1 Å². The van der Waals surface area contributed by atoms with E-state index in [-0.39, 0.29) is 22.8 Å². The fourth-order valence-corrected chi connectivity index (χ4v) is 4.99. The van der Waals surface area contributed by atoms with Gasteiger partial charge in [0.05, 0.1) is 32.8 Å². The number of nitrogens with zero attached hydrogens (tertiary/aromatic N) is 1. The number of hydrogen-bond acceptors (Lipinski definition) is 5. The van der Waals surface area contributed by atoms with Crippen LogP contribution in [0.25, 0.3) is 5.57 Å². The minimum Gasteiger partial charge on any atom is -0.303 e. The molecule has 0 atom stereocenters. The number of hydrogen-bond donors (Lipinski definition) is 1. The molecule has 34 heavy (non-hydrogen) atoms. The molecule has 0 unspecified atom stereocenters. The zero-order chi connectivity index (χ0) is 24.0. The van der Waals surface area contributed by atoms with E-state index in [1.54, 1.807) is 60.7 Å². The van der Waals surface area contributed by atoms with Crippen molar-refractivity contribution in [2.45, 2.75) is 6.54 Å². The van der Waals surface area contributed by atoms with Crippen LogP contribution in [-0.2, 0) is 16.1 Å². The van der Waals surface area contributed by atoms with Crippen LogP contribution in [0.15, 0.2) is 71.6 Å². The Morgan fingerprint density at radius 3 is 2.32 bits per heavy atom. The molecule has 9 heteroatoms. The normalized spacial score (nSPS) is 17.2. The standard InChI is InChI=1S/C25H14Cl2N2O4S/c26-17-9-6-13(10-18(17)27)12-29-19-11-15(21(30)14-4-2-1-3-5-14)7-8-16(19)20(24(29)32)22-23(31)28-25(33)34-22/h1-11H,12H2,(H,28,31,33). The highest BCUT2D eigenvalue weighted by molar-refractivity contribution is 8.18. The summed E-state index contributed by atoms with van der Waals surface area (Å²) in [6.07, 6.45) is 0. The zero-order valence-corrected chi connectivity index (χ0v) is 19.6. The third-order valence-electron chi connectivity index (χ3n) is 5.48. The maximum Gasteiger partial charge on any atom is 0.290 e. The van der Waals surface area contributed by atoms with Crippen molar-refractivity contribution in [3.8, 4) is 0 Å². The summed E-state index contributed by atoms with van der Waals surface area (Å²) in [5.74, 6) is -1.27. The molecule has 0 saturated carbocycles. The highest BCUT2D eigenvalue weighted by atomic mass is 35.5. The van der Waals surface area contributed by atoms with Gasteiger partial charge in [-0.2, -0.15) is 0 Å². The lowest BCUT2D eigenvalue weighted by molar-refractivity contribution is -0.116. The number of fused-ring (bicyclic) bond motifs is 1. The van der Waals surface area contributed by atoms with Crippen LogP contribution in [0.1, 0.15) is 27.0 Å². The Kier molecular flexibility index (Phi) is 5.77. The molecule has 3 amide bonds. The lowest BCUT2D eigenvalue weighted by Crippen LogP contribution is -2.27. The predicted molar refractivity (Wildman–Crippen MR) is 132 cm³/mol. The van der Waals surface area contributed by atoms with Gasteiger partial charge in [0.15, 0.2) is 5.78 Å². The van der Waals surface area contributed by atoms with E-state index in [9.17, 15) is 19.2 Å². The monoisotopic (exact) mass is 508 g/mol. The molecule has 0 aromatic heterocycles. The lowest BCUT2D eigenvalue weighted by Gasteiger charge is -2.18. The number of benzene rings is 3. The van der Waals surface area contributed by atoms with Crippen molar-refractivity contribution in [3.63, 3.8) is 0 Å². The third kappa shape index (κ3) is 3.92. The Morgan fingerprint density at radius 1 is 0.882 bits per heavy atom. The van der Waals surface area contributed by atoms with Gasteiger partial charge in [0.1, 0.15) is 0 Å². The molecular formula is C25H14Cl2N2O4S. The van der Waals surface area contributed by atoms with E-state index in [4.69, 9.17) is 23.2 Å². The SMILES string of the molecule is O=C1NC(=O)C(=C2C(=O)N(Cc3ccc(Cl)c(Cl)c3)c3cc(C(=O)c4ccccc4)ccc32)S1. The first kappa shape index (κ1) is 22.4. The maximum absolute atomic E-state index is 13.5. The van der Waals surface area contributed by atoms with Crippen molar-refractivity contribution in [2.24, 2.45) is 0 Å². The van der Waals surface area contributed by atoms with Crippen molar-refractivity contribution >= 4 is 69.1 Å². The van der Waals surface area contributed by atoms with Crippen LogP contribution in [0, 0.1) is 0 Å². The van der Waals surface area contributed by atoms with E-state index in [1.807, 2.05) is 6.07 Å². The van der Waals surface area contributed by atoms with Crippen LogP contribution in [-0.4, -0.2) is 22.8 Å². The second-order valence-electron chi connectivity index (χ2n) is 7.61. The first-order valence-corrected chi connectivity index (χ1v) is 11.7. The topological polar surface area (TPSA) is 83.6 Å². The number of ketones is 1. The Hall–Kier alpha value is -3.39. The maximum atomic E-state index is 13.5. The van der Waals surface area contributed by atoms with Gasteiger partial charge in [0.25, 0.3) is 17.1 Å². The van der Waals surface area contributed by atoms with E-state index in [2.05, 4.69) is 5.32 Å². The number of anilines is 1. The summed E-state index contributed by atoms with van der Waals surface area (Å²) in [4.78, 5) is 52.2. The average Bonchev–Trinajstić information content (AvgIpc) is 3.30. The number of imide groups is 1. The summed E-state index contributed by atoms with van der Waals surface area (Å²) in [6.45, 7) is 0.128. The molecule has 0 spiro atoms. The van der Waals surface area contributed by atoms with Crippen LogP contribution in [0.4, 0.5) is 10.5 Å². The van der Waals surface area contributed by atoms with Crippen LogP contribution < -0.4 is 10.2 Å². The highest BCUT2D eigenvalue weighted by Crippen LogP contribution is 2.44. The van der Waals surface area contributed by atoms with Gasteiger partial charge in [-0.05, 0) is 35.5 Å². The number of nitrogens with one attached hydrogen (secondary N) is 1. The lowest BCUT2D eigenvalue weighted by atomic mass is 9.99. The molecule has 3 aromatic rings. The van der Waals surface area contributed by atoms with Crippen LogP contribution in [0.5, 0.6) is 0 Å². The van der Waals surface area contributed by atoms with Gasteiger partial charge >= 0.3 is 0 Å². The van der Waals surface area contributed by atoms with Crippen molar-refractivity contribution in [3.05, 3.63) is 104 Å². The summed E-state index contributed by atoms with van der Waals surface area (Å²) in [7, 11) is 0. The minimum absolute atomic E-state index is 0.0371. The molecule has 3 aromatic carbocycles. The van der Waals surface area contributed by atoms with E-state index in [0.29, 0.717) is 49.7 Å². The fraction of sp³-hybridized carbons (Fsp3) is 0.0400. The molecule has 168 valence electrons. The number of amides is 3. The molecular weight excluding hydrogens is 495 g/mol. The first-order valence-electron chi connectivity index (χ1n) is 10.1. The van der Waals surface area contributed by atoms with Gasteiger partial charge in [-0.3, -0.25) is 24.5 Å². The smallest absolute Gasteiger partial charge is 0.290 e. The average molecular weight is 509 g/mol. The zero-order valence-electron chi connectivity index (χ0n) is 17.3. The summed E-state index contributed by atoms with van der Waals surface area (Å²) in [6, 6.07) is 18.7. The van der Waals surface area contributed by atoms with Gasteiger partial charge < -0.3 is 4.90 Å². The van der Waals surface area contributed by atoms with E-state index in [1.165, 1.54) is 4.90 Å². The molecule has 1 saturated heterocycles. The summed E-state index contributed by atoms with van der Waals surface area (Å²) in [5, 5.41) is 2.38. The van der Waals surface area contributed by atoms with Crippen molar-refractivity contribution in [2.75, 3.05) is 4.90 Å². The minimum atomic E-state index is -0.620. The van der Waals surface area contributed by atoms with Gasteiger partial charge in [-0.15, -0.1) is 0 Å². The van der Waals surface area contributed by atoms with Gasteiger partial charge in [0, 0.05) is 16.7 Å². The number of halogens is 2. The second-order valence-corrected chi connectivity index (χ2v) is 9.41. The van der Waals surface area contributed by atoms with E-state index >= 15 is 0 Å². The summed E-state index contributed by atoms with van der Waals surface area (Å²) < 4.78 is 0. The quantitative estimate of drug-likeness (QED) is 0.373. The number of rotatable bonds is 4. The first-order chi connectivity index (χ1) is 16.3. The van der Waals surface area contributed by atoms with Gasteiger partial charge in [-0.25, -0.2) is 0 Å². The molecule has 6 nitrogen and oxygen atoms in total. The number of thioether (sulfide) groups is 1. The Labute approximate surface area is 208 Å². The molecule has 2 heterocycles. The fourth-order valence-electron chi connectivity index (χ4n) is 3.90. The number of carbonyl (C=O) groups is 4. The molecule has 1 fully saturated rings. The Bertz CT molecular complexity index is 1440. The van der Waals surface area contributed by atoms with Crippen LogP contribution in [0.3, 0.4) is 0 Å². The Morgan fingerprint density at radius 2 is 1.65 bits per heavy atom. The molecule has 0 radical (unpaired) electrons. The predicted octanol–water partition coefficient (Wildman–Crippen LogP) is 5.47. The second kappa shape index (κ2) is 8.76. The molecule has 2 aliphatic heterocycles. The largest absolute Gasteiger partial charge is 0.303 e. The van der Waals surface area contributed by atoms with Crippen LogP contribution >= 0.6 is 35.0 Å². The van der Waals surface area contributed by atoms with Crippen molar-refractivity contribution in [1.82, 2.24) is 5.32 Å². The summed E-state index contributed by atoms with van der Waals surface area (Å²) >= 11 is 12.9. The third-order valence-corrected chi connectivity index (χ3v) is 7.10. The van der Waals surface area contributed by atoms with Gasteiger partial charge in [-0.1, -0.05) is 71.7 Å². The van der Waals surface area contributed by atoms with Crippen LogP contribution in [0.2, 0.25) is 10.0 Å². The van der Waals surface area contributed by atoms with Crippen molar-refractivity contribution < 1.29 is 19.2 Å². The Balaban J connectivity index is 1.63. The number of carbonyl (C=O) groups excluding carboxylic acids is 4. The summed E-state index contributed by atoms with van der Waals surface area (Å²) in [5.41, 5.74) is 2.68. The van der Waals surface area contributed by atoms with E-state index in [0.717, 1.165) is 0 Å².